The van der Waals surface area contributed by atoms with Crippen LogP contribution < -0.4 is 11.1 Å². The van der Waals surface area contributed by atoms with E-state index in [0.717, 1.165) is 16.2 Å². The maximum Gasteiger partial charge on any atom is 0.425 e. The van der Waals surface area contributed by atoms with Gasteiger partial charge in [-0.1, -0.05) is 5.16 Å². The van der Waals surface area contributed by atoms with E-state index >= 15 is 0 Å². The molecule has 0 bridgehead atoms. The fourth-order valence-corrected chi connectivity index (χ4v) is 5.96. The average Bonchev–Trinajstić information content (AvgIpc) is 3.13. The molecule has 0 aromatic carbocycles. The molecule has 5 atom stereocenters. The molecule has 0 saturated carbocycles. The van der Waals surface area contributed by atoms with Gasteiger partial charge in [-0.05, 0) is 11.2 Å². The highest BCUT2D eigenvalue weighted by atomic mass is 32.2. The predicted octanol–water partition coefficient (Wildman–Crippen LogP) is -1.03. The molecule has 1 aromatic rings. The number of nitrogen functional groups attached to an aromatic ring is 1. The lowest BCUT2D eigenvalue weighted by Gasteiger charge is -2.53. The Morgan fingerprint density at radius 2 is 2.09 bits per heavy atom. The van der Waals surface area contributed by atoms with Gasteiger partial charge in [0, 0.05) is 11.3 Å². The quantitative estimate of drug-likeness (QED) is 0.140. The summed E-state index contributed by atoms with van der Waals surface area (Å²) < 4.78 is 49.8. The van der Waals surface area contributed by atoms with Crippen molar-refractivity contribution in [3.8, 4) is 0 Å². The largest absolute Gasteiger partial charge is 0.615 e. The van der Waals surface area contributed by atoms with Gasteiger partial charge in [-0.25, -0.2) is 9.78 Å². The first-order valence-corrected chi connectivity index (χ1v) is 11.5. The van der Waals surface area contributed by atoms with E-state index in [-0.39, 0.29) is 16.6 Å². The number of anilines is 1. The lowest BCUT2D eigenvalue weighted by molar-refractivity contribution is -0.174. The lowest BCUT2D eigenvalue weighted by atomic mass is 9.91. The molecule has 3 heterocycles. The Morgan fingerprint density at radius 3 is 2.62 bits per heavy atom. The van der Waals surface area contributed by atoms with E-state index in [1.54, 1.807) is 0 Å². The van der Waals surface area contributed by atoms with Crippen molar-refractivity contribution in [3.05, 3.63) is 11.1 Å². The summed E-state index contributed by atoms with van der Waals surface area (Å²) in [7, 11) is 0. The van der Waals surface area contributed by atoms with Crippen LogP contribution in [-0.2, 0) is 35.2 Å². The summed E-state index contributed by atoms with van der Waals surface area (Å²) in [4.78, 5) is 56.7. The summed E-state index contributed by atoms with van der Waals surface area (Å²) in [5, 5.41) is 23.7. The molecule has 0 aliphatic carbocycles. The van der Waals surface area contributed by atoms with E-state index in [2.05, 4.69) is 20.3 Å². The summed E-state index contributed by atoms with van der Waals surface area (Å²) in [5.74, 6) is -6.50. The molecular formula is C16H16F3N5O8S2. The van der Waals surface area contributed by atoms with Gasteiger partial charge in [0.1, 0.15) is 17.5 Å². The third-order valence-corrected chi connectivity index (χ3v) is 7.28. The van der Waals surface area contributed by atoms with Crippen molar-refractivity contribution in [2.24, 2.45) is 11.1 Å². The number of fused-ring (bicyclic) bond motifs is 1. The molecule has 0 radical (unpaired) electrons. The highest BCUT2D eigenvalue weighted by Crippen LogP contribution is 2.38. The van der Waals surface area contributed by atoms with E-state index < -0.39 is 83.2 Å². The number of aliphatic carboxylic acids is 2. The van der Waals surface area contributed by atoms with Gasteiger partial charge in [0.15, 0.2) is 16.9 Å². The molecule has 5 N–H and O–H groups in total. The van der Waals surface area contributed by atoms with Crippen LogP contribution in [-0.4, -0.2) is 90.1 Å². The number of nitrogens with two attached hydrogens (primary N) is 1. The molecule has 2 aliphatic rings. The van der Waals surface area contributed by atoms with Gasteiger partial charge in [0.05, 0.1) is 6.42 Å². The highest BCUT2D eigenvalue weighted by molar-refractivity contribution is 7.92. The van der Waals surface area contributed by atoms with Crippen LogP contribution >= 0.6 is 11.3 Å². The summed E-state index contributed by atoms with van der Waals surface area (Å²) in [6, 6.07) is -3.08. The molecule has 1 aromatic heterocycles. The number of carbonyl (C=O) groups is 4. The molecule has 13 nitrogen and oxygen atoms in total. The van der Waals surface area contributed by atoms with Crippen LogP contribution in [0.25, 0.3) is 0 Å². The van der Waals surface area contributed by atoms with Crippen LogP contribution in [0.2, 0.25) is 0 Å². The molecule has 18 heteroatoms. The number of amides is 2. The number of β-lactam (4-membered cyclic amide) rings is 1. The van der Waals surface area contributed by atoms with Gasteiger partial charge in [-0.15, -0.1) is 11.3 Å². The molecule has 0 spiro atoms. The number of rotatable bonds is 8. The second-order valence-corrected chi connectivity index (χ2v) is 9.64. The highest BCUT2D eigenvalue weighted by Gasteiger charge is 2.64. The van der Waals surface area contributed by atoms with Gasteiger partial charge in [0.2, 0.25) is 12.0 Å². The van der Waals surface area contributed by atoms with Crippen molar-refractivity contribution in [2.75, 3.05) is 18.1 Å². The molecule has 2 amide bonds. The Labute approximate surface area is 194 Å². The molecule has 2 saturated heterocycles. The van der Waals surface area contributed by atoms with Gasteiger partial charge in [-0.3, -0.25) is 19.3 Å². The first kappa shape index (κ1) is 25.5. The second-order valence-electron chi connectivity index (χ2n) is 7.18. The number of thiazole rings is 1. The summed E-state index contributed by atoms with van der Waals surface area (Å²) in [6.45, 7) is -1.82. The number of hydrogen-bond donors (Lipinski definition) is 4. The maximum absolute atomic E-state index is 12.7. The number of carboxylic acids is 2. The Hall–Kier alpha value is -3.12. The topological polar surface area (TPSA) is 208 Å². The lowest BCUT2D eigenvalue weighted by Crippen LogP contribution is -2.80. The Kier molecular flexibility index (Phi) is 7.22. The normalized spacial score (nSPS) is 26.9. The minimum atomic E-state index is -4.76. The molecule has 3 rings (SSSR count). The monoisotopic (exact) mass is 527 g/mol. The van der Waals surface area contributed by atoms with E-state index in [1.165, 1.54) is 5.38 Å². The molecule has 34 heavy (non-hydrogen) atoms. The zero-order valence-corrected chi connectivity index (χ0v) is 18.4. The summed E-state index contributed by atoms with van der Waals surface area (Å²) in [5.41, 5.74) is 4.48. The van der Waals surface area contributed by atoms with Crippen LogP contribution in [0.3, 0.4) is 0 Å². The molecule has 2 aliphatic heterocycles. The molecule has 186 valence electrons. The standard InChI is InChI=1S/C16H16F3N5O8S2/c17-16(18,19)4-32-23-8(6-2-33-15(20)21-6)11(27)22-9-12(28)24-10(14(29)30)5(1-7(25)26)3-34(31)13(9)24/h2,5,9-10,13H,1,3-4H2,(H2,20,21)(H,22,27)(H,25,26)(H,29,30)/b23-8-/t5-,9+,10-,13+,34?/m0/s1. The van der Waals surface area contributed by atoms with Crippen molar-refractivity contribution in [1.29, 1.82) is 0 Å². The number of nitrogens with one attached hydrogen (secondary N) is 1. The second kappa shape index (κ2) is 9.63. The van der Waals surface area contributed by atoms with Crippen LogP contribution in [0.15, 0.2) is 10.5 Å². The first-order valence-electron chi connectivity index (χ1n) is 9.23. The van der Waals surface area contributed by atoms with Crippen molar-refractivity contribution in [1.82, 2.24) is 15.2 Å². The first-order chi connectivity index (χ1) is 15.8. The fourth-order valence-electron chi connectivity index (χ4n) is 3.52. The summed E-state index contributed by atoms with van der Waals surface area (Å²) >= 11 is -1.09. The zero-order valence-electron chi connectivity index (χ0n) is 16.7. The molecule has 1 unspecified atom stereocenters. The Balaban J connectivity index is 1.80. The van der Waals surface area contributed by atoms with Crippen LogP contribution in [0.1, 0.15) is 12.1 Å². The van der Waals surface area contributed by atoms with E-state index in [4.69, 9.17) is 10.8 Å². The zero-order chi connectivity index (χ0) is 25.4. The van der Waals surface area contributed by atoms with Gasteiger partial charge < -0.3 is 30.7 Å². The minimum Gasteiger partial charge on any atom is -0.615 e. The third kappa shape index (κ3) is 5.33. The number of nitrogens with zero attached hydrogens (tertiary/aromatic N) is 3. The Morgan fingerprint density at radius 1 is 1.41 bits per heavy atom. The van der Waals surface area contributed by atoms with E-state index in [9.17, 15) is 42.0 Å². The van der Waals surface area contributed by atoms with Crippen LogP contribution in [0.5, 0.6) is 0 Å². The molecule has 2 fully saturated rings. The molecular weight excluding hydrogens is 511 g/mol. The number of hydrogen-bond acceptors (Lipinski definition) is 10. The number of aromatic nitrogens is 1. The van der Waals surface area contributed by atoms with Crippen LogP contribution in [0, 0.1) is 5.92 Å². The number of carbonyl (C=O) groups excluding carboxylic acids is 2. The van der Waals surface area contributed by atoms with Gasteiger partial charge in [-0.2, -0.15) is 13.2 Å². The number of halogens is 3. The maximum atomic E-state index is 12.7. The summed E-state index contributed by atoms with van der Waals surface area (Å²) in [6.07, 6.45) is -5.40. The van der Waals surface area contributed by atoms with Gasteiger partial charge in [0.25, 0.3) is 11.8 Å². The van der Waals surface area contributed by atoms with E-state index in [0.29, 0.717) is 0 Å². The average molecular weight is 527 g/mol. The van der Waals surface area contributed by atoms with Crippen molar-refractivity contribution in [3.63, 3.8) is 0 Å². The predicted molar refractivity (Wildman–Crippen MR) is 108 cm³/mol. The minimum absolute atomic E-state index is 0.0422. The smallest absolute Gasteiger partial charge is 0.425 e. The van der Waals surface area contributed by atoms with Crippen molar-refractivity contribution < 1.29 is 52.0 Å². The van der Waals surface area contributed by atoms with Crippen molar-refractivity contribution >= 4 is 57.1 Å². The van der Waals surface area contributed by atoms with E-state index in [1.807, 2.05) is 0 Å². The third-order valence-electron chi connectivity index (χ3n) is 4.81. The SMILES string of the molecule is Nc1nc(/C(=N/OCC(F)(F)F)C(=O)N[C@@H]2C(=O)N3[C@H](C(=O)O)[C@@H](CC(=O)O)C[S+]([O-])[C@H]23)cs1. The fraction of sp³-hybridized carbons (Fsp3) is 0.500. The van der Waals surface area contributed by atoms with Crippen molar-refractivity contribution in [2.45, 2.75) is 30.1 Å². The van der Waals surface area contributed by atoms with Gasteiger partial charge >= 0.3 is 18.1 Å². The number of oxime groups is 1. The number of alkyl halides is 3. The Bertz CT molecular complexity index is 1030. The number of carboxylic acid groups (broad SMARTS) is 2. The van der Waals surface area contributed by atoms with Crippen LogP contribution in [0.4, 0.5) is 18.3 Å².